The average molecular weight is 720 g/mol. The maximum Gasteiger partial charge on any atom is 0.407 e. The number of carbonyl (C=O) groups is 6. The molecule has 4 amide bonds. The van der Waals surface area contributed by atoms with Gasteiger partial charge in [-0.05, 0) is 66.2 Å². The fourth-order valence-corrected chi connectivity index (χ4v) is 6.76. The Morgan fingerprint density at radius 2 is 1.56 bits per heavy atom. The first-order valence-electron chi connectivity index (χ1n) is 18.4. The maximum absolute atomic E-state index is 13.8. The molecule has 0 bridgehead atoms. The molecule has 1 fully saturated rings. The summed E-state index contributed by atoms with van der Waals surface area (Å²) in [5.74, 6) is -3.52. The largest absolute Gasteiger partial charge is 0.480 e. The fraction of sp³-hybridized carbons (Fsp3) is 0.538. The first kappa shape index (κ1) is 40.0. The van der Waals surface area contributed by atoms with Crippen molar-refractivity contribution in [3.8, 4) is 11.1 Å². The molecule has 0 radical (unpaired) electrons. The van der Waals surface area contributed by atoms with Crippen LogP contribution in [0.3, 0.4) is 0 Å². The van der Waals surface area contributed by atoms with Gasteiger partial charge in [-0.25, -0.2) is 9.59 Å². The SMILES string of the molecule is CC[C@H](C)[C@@H]1NC(=O)[C@@H](NC(=O)OCC2c3ccccc3-c3ccccc32)CCC(=O)NCCCC[C@@H](C(=O)O)NC(=O)[C@H](CC(C)C)NCC1=O. The summed E-state index contributed by atoms with van der Waals surface area (Å²) in [7, 11) is 0. The summed E-state index contributed by atoms with van der Waals surface area (Å²) in [6.07, 6.45) is 0.946. The van der Waals surface area contributed by atoms with Crippen LogP contribution in [0.1, 0.15) is 89.7 Å². The number of alkyl carbamates (subject to hydrolysis) is 1. The molecule has 4 rings (SSSR count). The summed E-state index contributed by atoms with van der Waals surface area (Å²) in [6.45, 7) is 7.56. The van der Waals surface area contributed by atoms with Gasteiger partial charge in [0.1, 0.15) is 18.7 Å². The molecule has 13 heteroatoms. The maximum atomic E-state index is 13.8. The average Bonchev–Trinajstić information content (AvgIpc) is 3.44. The second kappa shape index (κ2) is 19.2. The zero-order chi connectivity index (χ0) is 37.8. The van der Waals surface area contributed by atoms with Gasteiger partial charge in [-0.1, -0.05) is 82.6 Å². The van der Waals surface area contributed by atoms with Crippen LogP contribution in [-0.4, -0.2) is 84.5 Å². The molecular formula is C39H53N5O8. The molecule has 13 nitrogen and oxygen atoms in total. The summed E-state index contributed by atoms with van der Waals surface area (Å²) < 4.78 is 5.70. The molecule has 5 atom stereocenters. The van der Waals surface area contributed by atoms with Gasteiger partial charge in [0.15, 0.2) is 5.78 Å². The Labute approximate surface area is 305 Å². The Hall–Kier alpha value is -4.78. The lowest BCUT2D eigenvalue weighted by molar-refractivity contribution is -0.142. The van der Waals surface area contributed by atoms with Crippen LogP contribution >= 0.6 is 0 Å². The number of hydrogen-bond acceptors (Lipinski definition) is 8. The molecule has 1 saturated heterocycles. The number of carboxylic acid groups (broad SMARTS) is 1. The van der Waals surface area contributed by atoms with Crippen LogP contribution in [0, 0.1) is 11.8 Å². The van der Waals surface area contributed by atoms with Gasteiger partial charge in [0.05, 0.1) is 18.6 Å². The number of Topliss-reactive ketones (excluding diaryl/α,β-unsaturated/α-hetero) is 1. The number of benzene rings is 2. The standard InChI is InChI=1S/C39H53N5O8/c1-5-24(4)35-33(45)21-41-32(20-23(2)3)37(48)42-31(38(49)50)16-10-11-19-40-34(46)18-17-30(36(47)44-35)43-39(51)52-22-29-27-14-8-6-12-25(27)26-13-7-9-15-28(26)29/h6-9,12-15,23-24,29-32,35,41H,5,10-11,16-22H2,1-4H3,(H,40,46)(H,42,48)(H,43,51)(H,44,47)(H,49,50)/t24-,30-,31-,32-,35-/m0/s1. The van der Waals surface area contributed by atoms with Crippen molar-refractivity contribution in [2.75, 3.05) is 19.7 Å². The monoisotopic (exact) mass is 719 g/mol. The number of rotatable bonds is 8. The van der Waals surface area contributed by atoms with E-state index in [-0.39, 0.29) is 68.4 Å². The molecule has 52 heavy (non-hydrogen) atoms. The highest BCUT2D eigenvalue weighted by Gasteiger charge is 2.33. The number of fused-ring (bicyclic) bond motifs is 3. The summed E-state index contributed by atoms with van der Waals surface area (Å²) in [5.41, 5.74) is 4.22. The lowest BCUT2D eigenvalue weighted by Crippen LogP contribution is -2.56. The van der Waals surface area contributed by atoms with Gasteiger partial charge in [0.2, 0.25) is 17.7 Å². The minimum absolute atomic E-state index is 0.0300. The van der Waals surface area contributed by atoms with Gasteiger partial charge in [-0.15, -0.1) is 0 Å². The van der Waals surface area contributed by atoms with Crippen molar-refractivity contribution < 1.29 is 38.6 Å². The van der Waals surface area contributed by atoms with Crippen LogP contribution in [0.5, 0.6) is 0 Å². The highest BCUT2D eigenvalue weighted by molar-refractivity contribution is 5.94. The molecule has 1 aliphatic carbocycles. The predicted molar refractivity (Wildman–Crippen MR) is 195 cm³/mol. The molecule has 1 aliphatic heterocycles. The van der Waals surface area contributed by atoms with Crippen LogP contribution < -0.4 is 26.6 Å². The van der Waals surface area contributed by atoms with Gasteiger partial charge in [0.25, 0.3) is 0 Å². The summed E-state index contributed by atoms with van der Waals surface area (Å²) >= 11 is 0. The molecule has 6 N–H and O–H groups in total. The van der Waals surface area contributed by atoms with Gasteiger partial charge >= 0.3 is 12.1 Å². The van der Waals surface area contributed by atoms with Crippen LogP contribution in [-0.2, 0) is 28.7 Å². The third kappa shape index (κ3) is 10.9. The van der Waals surface area contributed by atoms with E-state index in [1.165, 1.54) is 0 Å². The van der Waals surface area contributed by atoms with E-state index in [1.54, 1.807) is 0 Å². The molecule has 1 heterocycles. The minimum Gasteiger partial charge on any atom is -0.480 e. The summed E-state index contributed by atoms with van der Waals surface area (Å²) in [5, 5.41) is 23.6. The summed E-state index contributed by atoms with van der Waals surface area (Å²) in [4.78, 5) is 78.8. The number of amides is 4. The van der Waals surface area contributed by atoms with Crippen molar-refractivity contribution in [1.29, 1.82) is 0 Å². The van der Waals surface area contributed by atoms with Crippen LogP contribution in [0.2, 0.25) is 0 Å². The Kier molecular flexibility index (Phi) is 14.7. The zero-order valence-corrected chi connectivity index (χ0v) is 30.5. The lowest BCUT2D eigenvalue weighted by atomic mass is 9.94. The molecule has 0 aromatic heterocycles. The molecular weight excluding hydrogens is 666 g/mol. The molecule has 282 valence electrons. The first-order valence-corrected chi connectivity index (χ1v) is 18.4. The number of aliphatic carboxylic acids is 1. The number of carboxylic acids is 1. The predicted octanol–water partition coefficient (Wildman–Crippen LogP) is 3.65. The van der Waals surface area contributed by atoms with Crippen molar-refractivity contribution in [2.45, 2.75) is 103 Å². The number of ketones is 1. The quantitative estimate of drug-likeness (QED) is 0.236. The molecule has 2 aromatic carbocycles. The number of hydrogen-bond donors (Lipinski definition) is 6. The van der Waals surface area contributed by atoms with Gasteiger partial charge < -0.3 is 31.1 Å². The minimum atomic E-state index is -1.19. The summed E-state index contributed by atoms with van der Waals surface area (Å²) in [6, 6.07) is 11.7. The lowest BCUT2D eigenvalue weighted by Gasteiger charge is -2.28. The molecule has 0 saturated carbocycles. The van der Waals surface area contributed by atoms with Crippen LogP contribution in [0.25, 0.3) is 11.1 Å². The highest BCUT2D eigenvalue weighted by atomic mass is 16.5. The first-order chi connectivity index (χ1) is 24.9. The van der Waals surface area contributed by atoms with Crippen molar-refractivity contribution >= 4 is 35.6 Å². The van der Waals surface area contributed by atoms with Gasteiger partial charge in [0, 0.05) is 18.9 Å². The van der Waals surface area contributed by atoms with Crippen molar-refractivity contribution in [3.05, 3.63) is 59.7 Å². The number of ether oxygens (including phenoxy) is 1. The van der Waals surface area contributed by atoms with E-state index in [1.807, 2.05) is 76.2 Å². The third-order valence-electron chi connectivity index (χ3n) is 9.87. The van der Waals surface area contributed by atoms with E-state index in [0.29, 0.717) is 25.7 Å². The Bertz CT molecular complexity index is 1550. The van der Waals surface area contributed by atoms with Gasteiger partial charge in [-0.2, -0.15) is 0 Å². The second-order valence-electron chi connectivity index (χ2n) is 14.2. The highest BCUT2D eigenvalue weighted by Crippen LogP contribution is 2.44. The third-order valence-corrected chi connectivity index (χ3v) is 9.87. The second-order valence-corrected chi connectivity index (χ2v) is 14.2. The van der Waals surface area contributed by atoms with Gasteiger partial charge in [-0.3, -0.25) is 24.5 Å². The van der Waals surface area contributed by atoms with Crippen LogP contribution in [0.15, 0.2) is 48.5 Å². The van der Waals surface area contributed by atoms with Crippen molar-refractivity contribution in [3.63, 3.8) is 0 Å². The van der Waals surface area contributed by atoms with E-state index >= 15 is 0 Å². The van der Waals surface area contributed by atoms with E-state index in [2.05, 4.69) is 26.6 Å². The van der Waals surface area contributed by atoms with E-state index in [9.17, 15) is 33.9 Å². The Morgan fingerprint density at radius 1 is 0.904 bits per heavy atom. The van der Waals surface area contributed by atoms with Crippen LogP contribution in [0.4, 0.5) is 4.79 Å². The molecule has 2 aromatic rings. The zero-order valence-electron chi connectivity index (χ0n) is 30.5. The van der Waals surface area contributed by atoms with E-state index in [0.717, 1.165) is 22.3 Å². The topological polar surface area (TPSA) is 192 Å². The van der Waals surface area contributed by atoms with E-state index in [4.69, 9.17) is 4.74 Å². The normalized spacial score (nSPS) is 23.1. The Morgan fingerprint density at radius 3 is 2.17 bits per heavy atom. The number of nitrogens with one attached hydrogen (secondary N) is 5. The van der Waals surface area contributed by atoms with Crippen molar-refractivity contribution in [2.24, 2.45) is 11.8 Å². The Balaban J connectivity index is 1.51. The molecule has 0 unspecified atom stereocenters. The molecule has 2 aliphatic rings. The molecule has 0 spiro atoms. The number of carbonyl (C=O) groups excluding carboxylic acids is 5. The van der Waals surface area contributed by atoms with Crippen molar-refractivity contribution in [1.82, 2.24) is 26.6 Å². The fourth-order valence-electron chi connectivity index (χ4n) is 6.76. The van der Waals surface area contributed by atoms with E-state index < -0.39 is 48.0 Å². The smallest absolute Gasteiger partial charge is 0.407 e.